The third kappa shape index (κ3) is 3.18. The molecule has 0 radical (unpaired) electrons. The summed E-state index contributed by atoms with van der Waals surface area (Å²) in [6, 6.07) is 10.7. The predicted octanol–water partition coefficient (Wildman–Crippen LogP) is 4.64. The number of hydrogen-bond acceptors (Lipinski definition) is 1. The van der Waals surface area contributed by atoms with Crippen LogP contribution in [-0.4, -0.2) is 17.5 Å². The molecule has 0 saturated carbocycles. The maximum absolute atomic E-state index is 13.7. The normalized spacial score (nSPS) is 17.3. The van der Waals surface area contributed by atoms with Gasteiger partial charge in [0.1, 0.15) is 11.6 Å². The fourth-order valence-electron chi connectivity index (χ4n) is 3.07. The van der Waals surface area contributed by atoms with Crippen LogP contribution in [0, 0.1) is 18.6 Å². The minimum Gasteiger partial charge on any atom is -0.317 e. The number of carbonyl (C=O) groups excluding carboxylic acids is 1. The van der Waals surface area contributed by atoms with E-state index in [4.69, 9.17) is 0 Å². The van der Waals surface area contributed by atoms with Crippen LogP contribution in [0.15, 0.2) is 42.5 Å². The first-order chi connectivity index (χ1) is 11.1. The van der Waals surface area contributed by atoms with Crippen LogP contribution in [0.1, 0.15) is 30.0 Å². The molecule has 3 nitrogen and oxygen atoms in total. The molecule has 2 amide bonds. The molecule has 1 saturated heterocycles. The summed E-state index contributed by atoms with van der Waals surface area (Å²) >= 11 is 0. The molecule has 120 valence electrons. The molecule has 0 unspecified atom stereocenters. The molecule has 2 aromatic carbocycles. The van der Waals surface area contributed by atoms with Gasteiger partial charge in [0, 0.05) is 12.6 Å². The van der Waals surface area contributed by atoms with Gasteiger partial charge in [-0.2, -0.15) is 0 Å². The van der Waals surface area contributed by atoms with Gasteiger partial charge in [-0.3, -0.25) is 0 Å². The zero-order valence-electron chi connectivity index (χ0n) is 12.9. The van der Waals surface area contributed by atoms with Crippen molar-refractivity contribution >= 4 is 11.7 Å². The zero-order valence-corrected chi connectivity index (χ0v) is 12.9. The minimum atomic E-state index is -0.773. The maximum Gasteiger partial charge on any atom is 0.322 e. The largest absolute Gasteiger partial charge is 0.322 e. The molecular formula is C18H18F2N2O. The molecule has 2 aromatic rings. The molecule has 0 spiro atoms. The van der Waals surface area contributed by atoms with Crippen molar-refractivity contribution < 1.29 is 13.6 Å². The van der Waals surface area contributed by atoms with E-state index in [9.17, 15) is 13.6 Å². The molecule has 1 heterocycles. The Morgan fingerprint density at radius 3 is 2.74 bits per heavy atom. The minimum absolute atomic E-state index is 0.00756. The lowest BCUT2D eigenvalue weighted by molar-refractivity contribution is 0.207. The second kappa shape index (κ2) is 6.36. The van der Waals surface area contributed by atoms with Gasteiger partial charge in [0.05, 0.1) is 11.7 Å². The van der Waals surface area contributed by atoms with Gasteiger partial charge in [-0.05, 0) is 43.0 Å². The van der Waals surface area contributed by atoms with Crippen LogP contribution in [0.4, 0.5) is 19.3 Å². The maximum atomic E-state index is 13.7. The van der Waals surface area contributed by atoms with E-state index in [0.29, 0.717) is 6.54 Å². The van der Waals surface area contributed by atoms with Gasteiger partial charge in [0.15, 0.2) is 0 Å². The zero-order chi connectivity index (χ0) is 16.4. The van der Waals surface area contributed by atoms with Crippen LogP contribution in [0.25, 0.3) is 0 Å². The van der Waals surface area contributed by atoms with Crippen molar-refractivity contribution in [2.24, 2.45) is 0 Å². The summed E-state index contributed by atoms with van der Waals surface area (Å²) in [5.74, 6) is -1.44. The van der Waals surface area contributed by atoms with E-state index >= 15 is 0 Å². The second-order valence-corrected chi connectivity index (χ2v) is 5.76. The smallest absolute Gasteiger partial charge is 0.317 e. The highest BCUT2D eigenvalue weighted by atomic mass is 19.1. The lowest BCUT2D eigenvalue weighted by Gasteiger charge is -2.26. The fraction of sp³-hybridized carbons (Fsp3) is 0.278. The van der Waals surface area contributed by atoms with E-state index in [1.165, 1.54) is 6.07 Å². The molecule has 0 aliphatic carbocycles. The highest BCUT2D eigenvalue weighted by molar-refractivity contribution is 5.90. The molecule has 1 N–H and O–H groups in total. The number of anilines is 1. The van der Waals surface area contributed by atoms with Crippen molar-refractivity contribution in [1.82, 2.24) is 4.90 Å². The van der Waals surface area contributed by atoms with E-state index < -0.39 is 11.6 Å². The number of likely N-dealkylation sites (tertiary alicyclic amines) is 1. The van der Waals surface area contributed by atoms with Crippen LogP contribution in [0.2, 0.25) is 0 Å². The molecule has 1 aliphatic rings. The standard InChI is InChI=1S/C18H18F2N2O/c1-12-5-2-3-6-14(12)17-7-4-10-22(17)18(23)21-16-9-8-13(19)11-15(16)20/h2-3,5-6,8-9,11,17H,4,7,10H2,1H3,(H,21,23)/t17-/m0/s1. The second-order valence-electron chi connectivity index (χ2n) is 5.76. The van der Waals surface area contributed by atoms with Crippen LogP contribution in [0.3, 0.4) is 0 Å². The Morgan fingerprint density at radius 1 is 1.22 bits per heavy atom. The van der Waals surface area contributed by atoms with Crippen molar-refractivity contribution in [3.05, 3.63) is 65.2 Å². The first-order valence-corrected chi connectivity index (χ1v) is 7.64. The summed E-state index contributed by atoms with van der Waals surface area (Å²) < 4.78 is 26.7. The highest BCUT2D eigenvalue weighted by Crippen LogP contribution is 2.34. The molecule has 0 aromatic heterocycles. The van der Waals surface area contributed by atoms with Gasteiger partial charge in [-0.15, -0.1) is 0 Å². The third-order valence-electron chi connectivity index (χ3n) is 4.23. The van der Waals surface area contributed by atoms with Crippen molar-refractivity contribution in [2.75, 3.05) is 11.9 Å². The number of carbonyl (C=O) groups is 1. The van der Waals surface area contributed by atoms with E-state index in [1.54, 1.807) is 4.90 Å². The van der Waals surface area contributed by atoms with Crippen LogP contribution >= 0.6 is 0 Å². The lowest BCUT2D eigenvalue weighted by Crippen LogP contribution is -2.34. The van der Waals surface area contributed by atoms with Crippen molar-refractivity contribution in [1.29, 1.82) is 0 Å². The molecule has 1 fully saturated rings. The third-order valence-corrected chi connectivity index (χ3v) is 4.23. The Hall–Kier alpha value is -2.43. The predicted molar refractivity (Wildman–Crippen MR) is 85.2 cm³/mol. The van der Waals surface area contributed by atoms with Gasteiger partial charge < -0.3 is 10.2 Å². The Kier molecular flexibility index (Phi) is 4.28. The lowest BCUT2D eigenvalue weighted by atomic mass is 9.99. The Morgan fingerprint density at radius 2 is 2.00 bits per heavy atom. The van der Waals surface area contributed by atoms with E-state index in [0.717, 1.165) is 36.1 Å². The molecule has 0 bridgehead atoms. The van der Waals surface area contributed by atoms with E-state index in [2.05, 4.69) is 5.32 Å². The number of nitrogens with one attached hydrogen (secondary N) is 1. The first kappa shape index (κ1) is 15.5. The Bertz CT molecular complexity index is 733. The number of aryl methyl sites for hydroxylation is 1. The summed E-state index contributed by atoms with van der Waals surface area (Å²) in [6.07, 6.45) is 1.78. The highest BCUT2D eigenvalue weighted by Gasteiger charge is 2.31. The number of halogens is 2. The number of nitrogens with zero attached hydrogens (tertiary/aromatic N) is 1. The summed E-state index contributed by atoms with van der Waals surface area (Å²) in [4.78, 5) is 14.2. The van der Waals surface area contributed by atoms with Gasteiger partial charge in [-0.25, -0.2) is 13.6 Å². The summed E-state index contributed by atoms with van der Waals surface area (Å²) in [5.41, 5.74) is 2.23. The molecule has 1 aliphatic heterocycles. The van der Waals surface area contributed by atoms with Gasteiger partial charge >= 0.3 is 6.03 Å². The molecule has 1 atom stereocenters. The molecule has 5 heteroatoms. The quantitative estimate of drug-likeness (QED) is 0.860. The Labute approximate surface area is 133 Å². The number of hydrogen-bond donors (Lipinski definition) is 1. The summed E-state index contributed by atoms with van der Waals surface area (Å²) in [5, 5.41) is 2.54. The topological polar surface area (TPSA) is 32.3 Å². The average Bonchev–Trinajstić information content (AvgIpc) is 3.00. The molecular weight excluding hydrogens is 298 g/mol. The van der Waals surface area contributed by atoms with Gasteiger partial charge in [-0.1, -0.05) is 24.3 Å². The first-order valence-electron chi connectivity index (χ1n) is 7.64. The van der Waals surface area contributed by atoms with Crippen LogP contribution in [-0.2, 0) is 0 Å². The van der Waals surface area contributed by atoms with Gasteiger partial charge in [0.25, 0.3) is 0 Å². The molecule has 3 rings (SSSR count). The number of rotatable bonds is 2. The monoisotopic (exact) mass is 316 g/mol. The summed E-state index contributed by atoms with van der Waals surface area (Å²) in [6.45, 7) is 2.64. The fourth-order valence-corrected chi connectivity index (χ4v) is 3.07. The SMILES string of the molecule is Cc1ccccc1[C@@H]1CCCN1C(=O)Nc1ccc(F)cc1F. The number of amides is 2. The van der Waals surface area contributed by atoms with Crippen molar-refractivity contribution in [3.63, 3.8) is 0 Å². The average molecular weight is 316 g/mol. The number of benzene rings is 2. The van der Waals surface area contributed by atoms with Gasteiger partial charge in [0.2, 0.25) is 0 Å². The Balaban J connectivity index is 1.80. The van der Waals surface area contributed by atoms with Crippen molar-refractivity contribution in [3.8, 4) is 0 Å². The van der Waals surface area contributed by atoms with Crippen LogP contribution in [0.5, 0.6) is 0 Å². The number of urea groups is 1. The van der Waals surface area contributed by atoms with E-state index in [-0.39, 0.29) is 17.8 Å². The van der Waals surface area contributed by atoms with E-state index in [1.807, 2.05) is 31.2 Å². The summed E-state index contributed by atoms with van der Waals surface area (Å²) in [7, 11) is 0. The molecule has 23 heavy (non-hydrogen) atoms. The van der Waals surface area contributed by atoms with Crippen LogP contribution < -0.4 is 5.32 Å². The van der Waals surface area contributed by atoms with Crippen molar-refractivity contribution in [2.45, 2.75) is 25.8 Å².